The Morgan fingerprint density at radius 1 is 1.50 bits per heavy atom. The van der Waals surface area contributed by atoms with Crippen LogP contribution in [0.25, 0.3) is 0 Å². The van der Waals surface area contributed by atoms with Gasteiger partial charge in [0.2, 0.25) is 0 Å². The lowest BCUT2D eigenvalue weighted by Crippen LogP contribution is -1.95. The maximum Gasteiger partial charge on any atom is 0.180 e. The van der Waals surface area contributed by atoms with Crippen molar-refractivity contribution in [1.82, 2.24) is 0 Å². The second-order valence-electron chi connectivity index (χ2n) is 2.20. The molecule has 0 amide bonds. The molecule has 0 unspecified atom stereocenters. The molecule has 0 aromatic heterocycles. The number of nitrogens with two attached hydrogens (primary N) is 1. The highest BCUT2D eigenvalue weighted by Crippen LogP contribution is 2.31. The van der Waals surface area contributed by atoms with E-state index in [1.165, 1.54) is 24.9 Å². The Labute approximate surface area is 74.9 Å². The van der Waals surface area contributed by atoms with Gasteiger partial charge in [0.1, 0.15) is 0 Å². The monoisotopic (exact) mass is 187 g/mol. The molecule has 66 valence electrons. The second-order valence-corrected chi connectivity index (χ2v) is 3.02. The Morgan fingerprint density at radius 3 is 2.67 bits per heavy atom. The number of methoxy groups -OCH3 is 1. The molecule has 0 atom stereocenters. The number of anilines is 1. The van der Waals surface area contributed by atoms with Crippen molar-refractivity contribution in [2.75, 3.05) is 19.1 Å². The number of benzene rings is 1. The van der Waals surface area contributed by atoms with E-state index in [1.54, 1.807) is 12.3 Å². The average Bonchev–Trinajstić information content (AvgIpc) is 2.06. The lowest BCUT2D eigenvalue weighted by Gasteiger charge is -2.07. The smallest absolute Gasteiger partial charge is 0.180 e. The fraction of sp³-hybridized carbons (Fsp3) is 0.250. The van der Waals surface area contributed by atoms with Crippen LogP contribution in [0.3, 0.4) is 0 Å². The molecule has 0 saturated carbocycles. The van der Waals surface area contributed by atoms with E-state index in [0.29, 0.717) is 10.6 Å². The summed E-state index contributed by atoms with van der Waals surface area (Å²) in [4.78, 5) is 0.439. The number of nitrogen functional groups attached to an aromatic ring is 1. The van der Waals surface area contributed by atoms with Crippen LogP contribution in [0.5, 0.6) is 5.75 Å². The fourth-order valence-electron chi connectivity index (χ4n) is 0.918. The number of ether oxygens (including phenoxy) is 1. The predicted molar refractivity (Wildman–Crippen MR) is 49.1 cm³/mol. The topological polar surface area (TPSA) is 35.2 Å². The van der Waals surface area contributed by atoms with E-state index in [4.69, 9.17) is 10.5 Å². The zero-order chi connectivity index (χ0) is 9.14. The summed E-state index contributed by atoms with van der Waals surface area (Å²) in [5.74, 6) is -0.154. The van der Waals surface area contributed by atoms with Crippen molar-refractivity contribution in [3.63, 3.8) is 0 Å². The van der Waals surface area contributed by atoms with Gasteiger partial charge in [0.15, 0.2) is 11.6 Å². The van der Waals surface area contributed by atoms with Gasteiger partial charge >= 0.3 is 0 Å². The molecule has 4 heteroatoms. The van der Waals surface area contributed by atoms with Gasteiger partial charge in [-0.1, -0.05) is 0 Å². The van der Waals surface area contributed by atoms with Crippen molar-refractivity contribution in [3.8, 4) is 5.75 Å². The van der Waals surface area contributed by atoms with Crippen LogP contribution in [-0.2, 0) is 0 Å². The van der Waals surface area contributed by atoms with Gasteiger partial charge in [-0.25, -0.2) is 4.39 Å². The molecule has 0 aliphatic heterocycles. The molecule has 0 saturated heterocycles. The summed E-state index contributed by atoms with van der Waals surface area (Å²) < 4.78 is 18.1. The van der Waals surface area contributed by atoms with E-state index in [0.717, 1.165) is 0 Å². The van der Waals surface area contributed by atoms with Crippen LogP contribution < -0.4 is 10.5 Å². The molecule has 0 spiro atoms. The summed E-state index contributed by atoms with van der Waals surface area (Å²) >= 11 is 1.27. The van der Waals surface area contributed by atoms with Crippen molar-refractivity contribution < 1.29 is 9.13 Å². The zero-order valence-corrected chi connectivity index (χ0v) is 7.74. The Bertz CT molecular complexity index is 291. The van der Waals surface area contributed by atoms with Crippen molar-refractivity contribution in [2.24, 2.45) is 0 Å². The van der Waals surface area contributed by atoms with Gasteiger partial charge in [-0.05, 0) is 18.4 Å². The Balaban J connectivity index is 3.24. The minimum atomic E-state index is -0.384. The molecular formula is C8H10FNOS. The summed E-state index contributed by atoms with van der Waals surface area (Å²) in [5, 5.41) is 0. The van der Waals surface area contributed by atoms with E-state index in [9.17, 15) is 4.39 Å². The summed E-state index contributed by atoms with van der Waals surface area (Å²) in [6.07, 6.45) is 1.77. The van der Waals surface area contributed by atoms with E-state index in [-0.39, 0.29) is 11.6 Å². The molecule has 2 nitrogen and oxygen atoms in total. The highest BCUT2D eigenvalue weighted by molar-refractivity contribution is 7.98. The first-order chi connectivity index (χ1) is 5.70. The normalized spacial score (nSPS) is 9.92. The quantitative estimate of drug-likeness (QED) is 0.569. The van der Waals surface area contributed by atoms with Gasteiger partial charge in [-0.3, -0.25) is 0 Å². The van der Waals surface area contributed by atoms with E-state index in [2.05, 4.69) is 0 Å². The molecule has 0 heterocycles. The number of hydrogen-bond donors (Lipinski definition) is 1. The molecule has 1 aromatic rings. The van der Waals surface area contributed by atoms with Gasteiger partial charge in [0.05, 0.1) is 12.0 Å². The second kappa shape index (κ2) is 3.67. The third kappa shape index (κ3) is 1.48. The fourth-order valence-corrected chi connectivity index (χ4v) is 1.50. The Kier molecular flexibility index (Phi) is 2.81. The van der Waals surface area contributed by atoms with Crippen LogP contribution in [0.2, 0.25) is 0 Å². The molecule has 1 aromatic carbocycles. The maximum atomic E-state index is 13.3. The third-order valence-corrected chi connectivity index (χ3v) is 2.34. The molecule has 0 radical (unpaired) electrons. The Morgan fingerprint density at radius 2 is 2.17 bits per heavy atom. The van der Waals surface area contributed by atoms with E-state index < -0.39 is 0 Å². The van der Waals surface area contributed by atoms with Gasteiger partial charge in [0.25, 0.3) is 0 Å². The first-order valence-corrected chi connectivity index (χ1v) is 4.59. The number of halogens is 1. The van der Waals surface area contributed by atoms with Crippen LogP contribution in [-0.4, -0.2) is 13.4 Å². The minimum Gasteiger partial charge on any atom is -0.494 e. The lowest BCUT2D eigenvalue weighted by atomic mass is 10.3. The maximum absolute atomic E-state index is 13.3. The number of thioether (sulfide) groups is 1. The standard InChI is InChI=1S/C8H10FNOS/c1-11-6-4-3-5(10)8(12-2)7(6)9/h3-4H,10H2,1-2H3. The van der Waals surface area contributed by atoms with Crippen LogP contribution in [0.15, 0.2) is 17.0 Å². The van der Waals surface area contributed by atoms with Gasteiger partial charge in [0, 0.05) is 5.69 Å². The molecule has 0 aliphatic carbocycles. The highest BCUT2D eigenvalue weighted by Gasteiger charge is 2.10. The van der Waals surface area contributed by atoms with Gasteiger partial charge in [-0.2, -0.15) is 0 Å². The van der Waals surface area contributed by atoms with Crippen LogP contribution in [0, 0.1) is 5.82 Å². The summed E-state index contributed by atoms with van der Waals surface area (Å²) in [6.45, 7) is 0. The van der Waals surface area contributed by atoms with Crippen molar-refractivity contribution in [3.05, 3.63) is 17.9 Å². The van der Waals surface area contributed by atoms with Gasteiger partial charge in [-0.15, -0.1) is 11.8 Å². The Hall–Kier alpha value is -0.900. The summed E-state index contributed by atoms with van der Waals surface area (Å²) in [5.41, 5.74) is 5.98. The average molecular weight is 187 g/mol. The third-order valence-electron chi connectivity index (χ3n) is 1.52. The van der Waals surface area contributed by atoms with Crippen molar-refractivity contribution in [1.29, 1.82) is 0 Å². The van der Waals surface area contributed by atoms with E-state index >= 15 is 0 Å². The first-order valence-electron chi connectivity index (χ1n) is 3.36. The SMILES string of the molecule is COc1ccc(N)c(SC)c1F. The highest BCUT2D eigenvalue weighted by atomic mass is 32.2. The molecule has 0 fully saturated rings. The molecular weight excluding hydrogens is 177 g/mol. The minimum absolute atomic E-state index is 0.230. The molecule has 0 aliphatic rings. The molecule has 2 N–H and O–H groups in total. The van der Waals surface area contributed by atoms with Gasteiger partial charge < -0.3 is 10.5 Å². The number of hydrogen-bond acceptors (Lipinski definition) is 3. The summed E-state index contributed by atoms with van der Waals surface area (Å²) in [6, 6.07) is 3.15. The van der Waals surface area contributed by atoms with Crippen molar-refractivity contribution in [2.45, 2.75) is 4.90 Å². The van der Waals surface area contributed by atoms with Crippen LogP contribution >= 0.6 is 11.8 Å². The lowest BCUT2D eigenvalue weighted by molar-refractivity contribution is 0.382. The first kappa shape index (κ1) is 9.19. The molecule has 0 bridgehead atoms. The predicted octanol–water partition coefficient (Wildman–Crippen LogP) is 2.14. The van der Waals surface area contributed by atoms with Crippen molar-refractivity contribution >= 4 is 17.4 Å². The zero-order valence-electron chi connectivity index (χ0n) is 6.93. The van der Waals surface area contributed by atoms with E-state index in [1.807, 2.05) is 0 Å². The number of rotatable bonds is 2. The largest absolute Gasteiger partial charge is 0.494 e. The summed E-state index contributed by atoms with van der Waals surface area (Å²) in [7, 11) is 1.43. The molecule has 12 heavy (non-hydrogen) atoms. The van der Waals surface area contributed by atoms with Crippen LogP contribution in [0.4, 0.5) is 10.1 Å². The van der Waals surface area contributed by atoms with Crippen LogP contribution in [0.1, 0.15) is 0 Å². The molecule has 1 rings (SSSR count).